The fraction of sp³-hybridized carbons (Fsp3) is 0.400. The Morgan fingerprint density at radius 1 is 1.06 bits per heavy atom. The SMILES string of the molecule is O=C(Cn1cc([N+](=O)[O-])ccc1=O)N1CCCc2cc(S(=O)(=O)N3CCCC3)ccc21. The lowest BCUT2D eigenvalue weighted by Crippen LogP contribution is -2.39. The number of amides is 1. The van der Waals surface area contributed by atoms with Gasteiger partial charge in [0.05, 0.1) is 16.0 Å². The number of anilines is 1. The van der Waals surface area contributed by atoms with Crippen LogP contribution in [0, 0.1) is 10.1 Å². The first-order valence-electron chi connectivity index (χ1n) is 10.1. The number of nitro groups is 1. The summed E-state index contributed by atoms with van der Waals surface area (Å²) in [6.45, 7) is 1.12. The molecule has 31 heavy (non-hydrogen) atoms. The third kappa shape index (κ3) is 4.10. The molecule has 0 radical (unpaired) electrons. The van der Waals surface area contributed by atoms with E-state index in [2.05, 4.69) is 0 Å². The summed E-state index contributed by atoms with van der Waals surface area (Å²) in [5, 5.41) is 11.0. The van der Waals surface area contributed by atoms with Crippen LogP contribution in [0.2, 0.25) is 0 Å². The number of aromatic nitrogens is 1. The highest BCUT2D eigenvalue weighted by Crippen LogP contribution is 2.31. The molecule has 2 aliphatic heterocycles. The van der Waals surface area contributed by atoms with Gasteiger partial charge < -0.3 is 4.90 Å². The van der Waals surface area contributed by atoms with Crippen LogP contribution in [0.4, 0.5) is 11.4 Å². The van der Waals surface area contributed by atoms with E-state index in [1.807, 2.05) is 0 Å². The molecule has 1 fully saturated rings. The Labute approximate surface area is 178 Å². The van der Waals surface area contributed by atoms with Gasteiger partial charge in [-0.05, 0) is 49.4 Å². The number of sulfonamides is 1. The highest BCUT2D eigenvalue weighted by Gasteiger charge is 2.30. The van der Waals surface area contributed by atoms with Gasteiger partial charge in [-0.25, -0.2) is 8.42 Å². The van der Waals surface area contributed by atoms with Crippen LogP contribution >= 0.6 is 0 Å². The van der Waals surface area contributed by atoms with E-state index in [1.165, 1.54) is 15.3 Å². The number of carbonyl (C=O) groups excluding carboxylic acids is 1. The Bertz CT molecular complexity index is 1200. The van der Waals surface area contributed by atoms with E-state index in [-0.39, 0.29) is 17.1 Å². The van der Waals surface area contributed by atoms with Crippen molar-refractivity contribution >= 4 is 27.3 Å². The highest BCUT2D eigenvalue weighted by molar-refractivity contribution is 7.89. The van der Waals surface area contributed by atoms with Crippen molar-refractivity contribution in [3.8, 4) is 0 Å². The van der Waals surface area contributed by atoms with Gasteiger partial charge >= 0.3 is 0 Å². The summed E-state index contributed by atoms with van der Waals surface area (Å²) in [7, 11) is -3.56. The van der Waals surface area contributed by atoms with Gasteiger partial charge in [-0.1, -0.05) is 0 Å². The predicted molar refractivity (Wildman–Crippen MR) is 112 cm³/mol. The molecule has 0 bridgehead atoms. The Morgan fingerprint density at radius 2 is 1.81 bits per heavy atom. The van der Waals surface area contributed by atoms with Crippen LogP contribution in [0.25, 0.3) is 0 Å². The van der Waals surface area contributed by atoms with Crippen molar-refractivity contribution in [2.24, 2.45) is 0 Å². The molecule has 3 heterocycles. The average Bonchev–Trinajstić information content (AvgIpc) is 3.30. The Kier molecular flexibility index (Phi) is 5.63. The molecule has 11 heteroatoms. The average molecular weight is 446 g/mol. The van der Waals surface area contributed by atoms with E-state index in [4.69, 9.17) is 0 Å². The van der Waals surface area contributed by atoms with E-state index < -0.39 is 26.4 Å². The van der Waals surface area contributed by atoms with Crippen molar-refractivity contribution in [3.63, 3.8) is 0 Å². The van der Waals surface area contributed by atoms with E-state index >= 15 is 0 Å². The Morgan fingerprint density at radius 3 is 2.52 bits per heavy atom. The van der Waals surface area contributed by atoms with Gasteiger partial charge in [-0.2, -0.15) is 4.31 Å². The van der Waals surface area contributed by atoms with Crippen molar-refractivity contribution in [1.29, 1.82) is 0 Å². The summed E-state index contributed by atoms with van der Waals surface area (Å²) >= 11 is 0. The van der Waals surface area contributed by atoms with Crippen LogP contribution in [0.15, 0.2) is 46.2 Å². The van der Waals surface area contributed by atoms with Crippen molar-refractivity contribution in [2.45, 2.75) is 37.1 Å². The van der Waals surface area contributed by atoms with Crippen LogP contribution in [-0.2, 0) is 27.8 Å². The topological polar surface area (TPSA) is 123 Å². The number of nitrogens with zero attached hydrogens (tertiary/aromatic N) is 4. The third-order valence-corrected chi connectivity index (χ3v) is 7.55. The molecule has 1 amide bonds. The molecule has 0 atom stereocenters. The number of rotatable bonds is 5. The van der Waals surface area contributed by atoms with Crippen LogP contribution in [0.1, 0.15) is 24.8 Å². The molecule has 4 rings (SSSR count). The van der Waals surface area contributed by atoms with Gasteiger partial charge in [0.15, 0.2) is 0 Å². The number of hydrogen-bond donors (Lipinski definition) is 0. The minimum atomic E-state index is -3.56. The van der Waals surface area contributed by atoms with Crippen molar-refractivity contribution in [2.75, 3.05) is 24.5 Å². The molecule has 1 aromatic heterocycles. The smallest absolute Gasteiger partial charge is 0.285 e. The molecule has 164 valence electrons. The van der Waals surface area contributed by atoms with E-state index in [0.29, 0.717) is 38.2 Å². The number of aryl methyl sites for hydroxylation is 1. The van der Waals surface area contributed by atoms with Crippen LogP contribution in [0.5, 0.6) is 0 Å². The second-order valence-corrected chi connectivity index (χ2v) is 9.60. The summed E-state index contributed by atoms with van der Waals surface area (Å²) in [5.74, 6) is -0.390. The molecule has 0 aliphatic carbocycles. The van der Waals surface area contributed by atoms with Gasteiger partial charge in [0, 0.05) is 37.5 Å². The molecular weight excluding hydrogens is 424 g/mol. The molecule has 2 aromatic rings. The first-order chi connectivity index (χ1) is 14.8. The maximum Gasteiger partial charge on any atom is 0.285 e. The zero-order valence-corrected chi connectivity index (χ0v) is 17.6. The molecular formula is C20H22N4O6S. The van der Waals surface area contributed by atoms with E-state index in [1.54, 1.807) is 12.1 Å². The lowest BCUT2D eigenvalue weighted by Gasteiger charge is -2.30. The number of pyridine rings is 1. The van der Waals surface area contributed by atoms with Crippen LogP contribution in [-0.4, -0.2) is 47.8 Å². The Balaban J connectivity index is 1.60. The summed E-state index contributed by atoms with van der Waals surface area (Å²) in [5.41, 5.74) is 0.577. The van der Waals surface area contributed by atoms with Crippen molar-refractivity contribution in [1.82, 2.24) is 8.87 Å². The molecule has 0 unspecified atom stereocenters. The molecule has 1 saturated heterocycles. The maximum atomic E-state index is 12.9. The number of hydrogen-bond acceptors (Lipinski definition) is 6. The molecule has 10 nitrogen and oxygen atoms in total. The van der Waals surface area contributed by atoms with Gasteiger partial charge in [0.2, 0.25) is 15.9 Å². The first kappa shape index (κ1) is 21.2. The maximum absolute atomic E-state index is 12.9. The molecule has 0 spiro atoms. The monoisotopic (exact) mass is 446 g/mol. The molecule has 0 N–H and O–H groups in total. The minimum Gasteiger partial charge on any atom is -0.311 e. The van der Waals surface area contributed by atoms with Crippen LogP contribution < -0.4 is 10.5 Å². The molecule has 1 aromatic carbocycles. The van der Waals surface area contributed by atoms with Crippen molar-refractivity contribution in [3.05, 3.63) is 62.6 Å². The van der Waals surface area contributed by atoms with Crippen LogP contribution in [0.3, 0.4) is 0 Å². The third-order valence-electron chi connectivity index (χ3n) is 5.66. The first-order valence-corrected chi connectivity index (χ1v) is 11.5. The largest absolute Gasteiger partial charge is 0.311 e. The zero-order chi connectivity index (χ0) is 22.2. The highest BCUT2D eigenvalue weighted by atomic mass is 32.2. The fourth-order valence-electron chi connectivity index (χ4n) is 4.05. The summed E-state index contributed by atoms with van der Waals surface area (Å²) in [6, 6.07) is 6.93. The van der Waals surface area contributed by atoms with Gasteiger partial charge in [0.1, 0.15) is 6.54 Å². The zero-order valence-electron chi connectivity index (χ0n) is 16.8. The normalized spacial score (nSPS) is 16.8. The molecule has 2 aliphatic rings. The Hall–Kier alpha value is -3.05. The quantitative estimate of drug-likeness (QED) is 0.507. The fourth-order valence-corrected chi connectivity index (χ4v) is 5.62. The molecule has 0 saturated carbocycles. The van der Waals surface area contributed by atoms with E-state index in [0.717, 1.165) is 41.3 Å². The second kappa shape index (κ2) is 8.23. The van der Waals surface area contributed by atoms with Gasteiger partial charge in [-0.15, -0.1) is 0 Å². The predicted octanol–water partition coefficient (Wildman–Crippen LogP) is 1.52. The number of fused-ring (bicyclic) bond motifs is 1. The van der Waals surface area contributed by atoms with Gasteiger partial charge in [-0.3, -0.25) is 24.3 Å². The summed E-state index contributed by atoms with van der Waals surface area (Å²) in [4.78, 5) is 37.0. The lowest BCUT2D eigenvalue weighted by atomic mass is 10.0. The second-order valence-electron chi connectivity index (χ2n) is 7.66. The minimum absolute atomic E-state index is 0.220. The lowest BCUT2D eigenvalue weighted by molar-refractivity contribution is -0.385. The van der Waals surface area contributed by atoms with Gasteiger partial charge in [0.25, 0.3) is 11.2 Å². The number of carbonyl (C=O) groups is 1. The summed E-state index contributed by atoms with van der Waals surface area (Å²) < 4.78 is 28.2. The number of benzene rings is 1. The van der Waals surface area contributed by atoms with Crippen molar-refractivity contribution < 1.29 is 18.1 Å². The van der Waals surface area contributed by atoms with E-state index in [9.17, 15) is 28.1 Å². The standard InChI is InChI=1S/C20H22N4O6S/c25-19-8-5-16(24(27)28)13-21(19)14-20(26)23-11-3-4-15-12-17(6-7-18(15)23)31(29,30)22-9-1-2-10-22/h5-8,12-13H,1-4,9-11,14H2. The summed E-state index contributed by atoms with van der Waals surface area (Å²) in [6.07, 6.45) is 4.04.